The molecule has 2 aromatic rings. The molecule has 6 nitrogen and oxygen atoms in total. The van der Waals surface area contributed by atoms with Crippen LogP contribution < -0.4 is 5.32 Å². The Labute approximate surface area is 120 Å². The molecule has 7 heteroatoms. The highest BCUT2D eigenvalue weighted by Crippen LogP contribution is 2.17. The van der Waals surface area contributed by atoms with Gasteiger partial charge in [-0.25, -0.2) is 4.68 Å². The monoisotopic (exact) mass is 290 g/mol. The number of amides is 1. The van der Waals surface area contributed by atoms with Gasteiger partial charge in [-0.3, -0.25) is 10.1 Å². The van der Waals surface area contributed by atoms with E-state index in [1.807, 2.05) is 0 Å². The molecule has 1 heterocycles. The average molecular weight is 291 g/mol. The fraction of sp³-hybridized carbons (Fsp3) is 0.154. The second-order valence-electron chi connectivity index (χ2n) is 3.82. The van der Waals surface area contributed by atoms with Gasteiger partial charge in [-0.2, -0.15) is 10.1 Å². The second kappa shape index (κ2) is 6.19. The Balaban J connectivity index is 2.19. The molecule has 2 N–H and O–H groups in total. The molecule has 0 saturated heterocycles. The predicted octanol–water partition coefficient (Wildman–Crippen LogP) is 1.06. The Kier molecular flexibility index (Phi) is 4.35. The molecule has 0 aliphatic carbocycles. The van der Waals surface area contributed by atoms with E-state index in [0.717, 1.165) is 0 Å². The van der Waals surface area contributed by atoms with Gasteiger partial charge in [-0.15, -0.1) is 0 Å². The van der Waals surface area contributed by atoms with E-state index < -0.39 is 0 Å². The van der Waals surface area contributed by atoms with E-state index in [-0.39, 0.29) is 12.5 Å². The molecule has 1 amide bonds. The summed E-state index contributed by atoms with van der Waals surface area (Å²) in [6, 6.07) is 4.73. The molecule has 0 unspecified atom stereocenters. The SMILES string of the molecule is Cn1ncnc1NC(=O)c1ccc(C#CCO)c(Cl)c1. The molecular weight excluding hydrogens is 280 g/mol. The number of nitrogens with one attached hydrogen (secondary N) is 1. The van der Waals surface area contributed by atoms with Gasteiger partial charge in [0.15, 0.2) is 0 Å². The fourth-order valence-electron chi connectivity index (χ4n) is 1.48. The predicted molar refractivity (Wildman–Crippen MR) is 74.4 cm³/mol. The molecule has 0 radical (unpaired) electrons. The zero-order chi connectivity index (χ0) is 14.5. The summed E-state index contributed by atoms with van der Waals surface area (Å²) in [5.41, 5.74) is 0.934. The number of aliphatic hydroxyl groups is 1. The third kappa shape index (κ3) is 3.15. The molecular formula is C13H11ClN4O2. The number of aliphatic hydroxyl groups excluding tert-OH is 1. The van der Waals surface area contributed by atoms with Crippen molar-refractivity contribution in [1.29, 1.82) is 0 Å². The number of halogens is 1. The van der Waals surface area contributed by atoms with E-state index >= 15 is 0 Å². The highest BCUT2D eigenvalue weighted by Gasteiger charge is 2.10. The first-order valence-electron chi connectivity index (χ1n) is 5.66. The van der Waals surface area contributed by atoms with Gasteiger partial charge in [0.1, 0.15) is 12.9 Å². The number of carbonyl (C=O) groups is 1. The zero-order valence-corrected chi connectivity index (χ0v) is 11.3. The van der Waals surface area contributed by atoms with Crippen LogP contribution in [0.1, 0.15) is 15.9 Å². The van der Waals surface area contributed by atoms with Crippen LogP contribution >= 0.6 is 11.6 Å². The number of rotatable bonds is 2. The van der Waals surface area contributed by atoms with Gasteiger partial charge in [0, 0.05) is 18.2 Å². The molecule has 102 valence electrons. The summed E-state index contributed by atoms with van der Waals surface area (Å²) in [6.45, 7) is -0.245. The van der Waals surface area contributed by atoms with Crippen LogP contribution in [0.3, 0.4) is 0 Å². The van der Waals surface area contributed by atoms with E-state index in [2.05, 4.69) is 27.2 Å². The summed E-state index contributed by atoms with van der Waals surface area (Å²) in [6.07, 6.45) is 1.34. The maximum Gasteiger partial charge on any atom is 0.258 e. The van der Waals surface area contributed by atoms with Crippen LogP contribution in [-0.2, 0) is 7.05 Å². The Morgan fingerprint density at radius 3 is 2.95 bits per heavy atom. The molecule has 2 rings (SSSR count). The first-order chi connectivity index (χ1) is 9.61. The fourth-order valence-corrected chi connectivity index (χ4v) is 1.70. The van der Waals surface area contributed by atoms with Crippen LogP contribution in [0.15, 0.2) is 24.5 Å². The van der Waals surface area contributed by atoms with Gasteiger partial charge in [0.25, 0.3) is 5.91 Å². The number of benzene rings is 1. The van der Waals surface area contributed by atoms with Gasteiger partial charge < -0.3 is 5.11 Å². The van der Waals surface area contributed by atoms with Crippen molar-refractivity contribution in [3.8, 4) is 11.8 Å². The Morgan fingerprint density at radius 2 is 2.35 bits per heavy atom. The second-order valence-corrected chi connectivity index (χ2v) is 4.22. The van der Waals surface area contributed by atoms with Crippen molar-refractivity contribution in [1.82, 2.24) is 14.8 Å². The molecule has 0 aliphatic rings. The summed E-state index contributed by atoms with van der Waals surface area (Å²) in [4.78, 5) is 15.9. The van der Waals surface area contributed by atoms with Crippen LogP contribution in [0.25, 0.3) is 0 Å². The summed E-state index contributed by atoms with van der Waals surface area (Å²) in [7, 11) is 1.67. The highest BCUT2D eigenvalue weighted by atomic mass is 35.5. The molecule has 1 aromatic heterocycles. The largest absolute Gasteiger partial charge is 0.384 e. The van der Waals surface area contributed by atoms with Crippen molar-refractivity contribution in [2.45, 2.75) is 0 Å². The molecule has 0 aliphatic heterocycles. The number of hydrogen-bond donors (Lipinski definition) is 2. The van der Waals surface area contributed by atoms with Crippen LogP contribution in [-0.4, -0.2) is 32.4 Å². The van der Waals surface area contributed by atoms with Gasteiger partial charge >= 0.3 is 0 Å². The van der Waals surface area contributed by atoms with E-state index in [1.165, 1.54) is 17.1 Å². The van der Waals surface area contributed by atoms with Crippen molar-refractivity contribution < 1.29 is 9.90 Å². The summed E-state index contributed by atoms with van der Waals surface area (Å²) >= 11 is 6.03. The van der Waals surface area contributed by atoms with E-state index in [1.54, 1.807) is 19.2 Å². The van der Waals surface area contributed by atoms with E-state index in [0.29, 0.717) is 22.1 Å². The lowest BCUT2D eigenvalue weighted by Gasteiger charge is -2.05. The first kappa shape index (κ1) is 14.1. The lowest BCUT2D eigenvalue weighted by molar-refractivity contribution is 0.102. The van der Waals surface area contributed by atoms with Crippen LogP contribution in [0.4, 0.5) is 5.95 Å². The van der Waals surface area contributed by atoms with Crippen molar-refractivity contribution in [2.75, 3.05) is 11.9 Å². The van der Waals surface area contributed by atoms with Crippen molar-refractivity contribution in [3.63, 3.8) is 0 Å². The lowest BCUT2D eigenvalue weighted by Crippen LogP contribution is -2.15. The van der Waals surface area contributed by atoms with Crippen LogP contribution in [0, 0.1) is 11.8 Å². The Morgan fingerprint density at radius 1 is 1.55 bits per heavy atom. The number of hydrogen-bond acceptors (Lipinski definition) is 4. The third-order valence-electron chi connectivity index (χ3n) is 2.47. The van der Waals surface area contributed by atoms with Crippen molar-refractivity contribution in [3.05, 3.63) is 40.7 Å². The van der Waals surface area contributed by atoms with Crippen molar-refractivity contribution in [2.24, 2.45) is 7.05 Å². The zero-order valence-electron chi connectivity index (χ0n) is 10.6. The normalized spacial score (nSPS) is 9.75. The van der Waals surface area contributed by atoms with E-state index in [4.69, 9.17) is 16.7 Å². The summed E-state index contributed by atoms with van der Waals surface area (Å²) in [5, 5.41) is 15.4. The topological polar surface area (TPSA) is 80.0 Å². The third-order valence-corrected chi connectivity index (χ3v) is 2.78. The minimum absolute atomic E-state index is 0.245. The lowest BCUT2D eigenvalue weighted by atomic mass is 10.1. The molecule has 0 atom stereocenters. The molecule has 0 spiro atoms. The molecule has 0 bridgehead atoms. The maximum absolute atomic E-state index is 12.0. The summed E-state index contributed by atoms with van der Waals surface area (Å²) < 4.78 is 1.45. The minimum atomic E-state index is -0.343. The average Bonchev–Trinajstić information content (AvgIpc) is 2.83. The van der Waals surface area contributed by atoms with Gasteiger partial charge in [-0.05, 0) is 18.2 Å². The first-order valence-corrected chi connectivity index (χ1v) is 6.04. The van der Waals surface area contributed by atoms with Gasteiger partial charge in [0.05, 0.1) is 5.02 Å². The number of aryl methyl sites for hydroxylation is 1. The molecule has 0 saturated carbocycles. The number of carbonyl (C=O) groups excluding carboxylic acids is 1. The molecule has 1 aromatic carbocycles. The Hall–Kier alpha value is -2.36. The smallest absolute Gasteiger partial charge is 0.258 e. The quantitative estimate of drug-likeness (QED) is 0.811. The molecule has 0 fully saturated rings. The Bertz CT molecular complexity index is 700. The minimum Gasteiger partial charge on any atom is -0.384 e. The van der Waals surface area contributed by atoms with Crippen LogP contribution in [0.2, 0.25) is 5.02 Å². The van der Waals surface area contributed by atoms with E-state index in [9.17, 15) is 4.79 Å². The van der Waals surface area contributed by atoms with Crippen molar-refractivity contribution >= 4 is 23.5 Å². The summed E-state index contributed by atoms with van der Waals surface area (Å²) in [5.74, 6) is 5.19. The molecule has 20 heavy (non-hydrogen) atoms. The van der Waals surface area contributed by atoms with Gasteiger partial charge in [-0.1, -0.05) is 23.4 Å². The van der Waals surface area contributed by atoms with Crippen LogP contribution in [0.5, 0.6) is 0 Å². The number of anilines is 1. The highest BCUT2D eigenvalue weighted by molar-refractivity contribution is 6.32. The maximum atomic E-state index is 12.0. The number of nitrogens with zero attached hydrogens (tertiary/aromatic N) is 3. The number of aromatic nitrogens is 3. The van der Waals surface area contributed by atoms with Gasteiger partial charge in [0.2, 0.25) is 5.95 Å². The standard InChI is InChI=1S/C13H11ClN4O2/c1-18-13(15-8-16-18)17-12(20)10-5-4-9(3-2-6-19)11(14)7-10/h4-5,7-8,19H,6H2,1H3,(H,15,16,17,20).